The first kappa shape index (κ1) is 12.8. The fourth-order valence-electron chi connectivity index (χ4n) is 2.11. The molecule has 0 saturated carbocycles. The van der Waals surface area contributed by atoms with Gasteiger partial charge in [-0.15, -0.1) is 5.10 Å². The van der Waals surface area contributed by atoms with E-state index in [1.165, 1.54) is 11.1 Å². The van der Waals surface area contributed by atoms with E-state index in [0.717, 1.165) is 18.7 Å². The first-order valence-corrected chi connectivity index (χ1v) is 6.41. The minimum absolute atomic E-state index is 0.330. The first-order valence-electron chi connectivity index (χ1n) is 6.41. The van der Waals surface area contributed by atoms with Crippen molar-refractivity contribution in [3.63, 3.8) is 0 Å². The molecular formula is C14H20N4. The van der Waals surface area contributed by atoms with Crippen molar-refractivity contribution < 1.29 is 0 Å². The van der Waals surface area contributed by atoms with Crippen molar-refractivity contribution >= 4 is 0 Å². The molecule has 0 amide bonds. The lowest BCUT2D eigenvalue weighted by molar-refractivity contribution is 0.571. The van der Waals surface area contributed by atoms with Crippen LogP contribution in [-0.4, -0.2) is 21.5 Å². The highest BCUT2D eigenvalue weighted by molar-refractivity contribution is 5.63. The standard InChI is InChI=1S/C14H20N4/c1-4-9-15-11(2)12-7-5-6-8-13(12)14-10-16-17-18(14)3/h5-8,10-11,15H,4,9H2,1-3H3. The third kappa shape index (κ3) is 2.59. The lowest BCUT2D eigenvalue weighted by Gasteiger charge is -2.17. The summed E-state index contributed by atoms with van der Waals surface area (Å²) in [5, 5.41) is 11.5. The molecule has 4 nitrogen and oxygen atoms in total. The van der Waals surface area contributed by atoms with Crippen LogP contribution in [0.15, 0.2) is 30.5 Å². The Labute approximate surface area is 108 Å². The Morgan fingerprint density at radius 3 is 2.78 bits per heavy atom. The van der Waals surface area contributed by atoms with E-state index in [1.54, 1.807) is 0 Å². The van der Waals surface area contributed by atoms with Gasteiger partial charge in [0.15, 0.2) is 0 Å². The largest absolute Gasteiger partial charge is 0.310 e. The molecule has 1 aromatic carbocycles. The molecule has 2 rings (SSSR count). The molecule has 1 aromatic heterocycles. The normalized spacial score (nSPS) is 12.6. The van der Waals surface area contributed by atoms with Gasteiger partial charge in [-0.1, -0.05) is 36.4 Å². The molecule has 0 spiro atoms. The summed E-state index contributed by atoms with van der Waals surface area (Å²) in [6.07, 6.45) is 2.95. The van der Waals surface area contributed by atoms with Crippen molar-refractivity contribution in [3.8, 4) is 11.3 Å². The number of nitrogens with one attached hydrogen (secondary N) is 1. The summed E-state index contributed by atoms with van der Waals surface area (Å²) >= 11 is 0. The van der Waals surface area contributed by atoms with Gasteiger partial charge in [-0.3, -0.25) is 0 Å². The van der Waals surface area contributed by atoms with E-state index in [9.17, 15) is 0 Å². The second kappa shape index (κ2) is 5.78. The maximum atomic E-state index is 4.00. The van der Waals surface area contributed by atoms with Gasteiger partial charge in [0.05, 0.1) is 11.9 Å². The third-order valence-corrected chi connectivity index (χ3v) is 3.12. The summed E-state index contributed by atoms with van der Waals surface area (Å²) in [4.78, 5) is 0. The van der Waals surface area contributed by atoms with E-state index in [4.69, 9.17) is 0 Å². The van der Waals surface area contributed by atoms with Gasteiger partial charge in [-0.25, -0.2) is 4.68 Å². The number of aryl methyl sites for hydroxylation is 1. The lowest BCUT2D eigenvalue weighted by Crippen LogP contribution is -2.20. The van der Waals surface area contributed by atoms with E-state index in [0.29, 0.717) is 6.04 Å². The van der Waals surface area contributed by atoms with Gasteiger partial charge in [0.25, 0.3) is 0 Å². The topological polar surface area (TPSA) is 42.7 Å². The molecule has 96 valence electrons. The number of hydrogen-bond acceptors (Lipinski definition) is 3. The molecule has 2 aromatic rings. The summed E-state index contributed by atoms with van der Waals surface area (Å²) < 4.78 is 1.81. The van der Waals surface area contributed by atoms with Crippen LogP contribution in [-0.2, 0) is 7.05 Å². The zero-order valence-electron chi connectivity index (χ0n) is 11.2. The van der Waals surface area contributed by atoms with Gasteiger partial charge in [0, 0.05) is 18.7 Å². The molecule has 0 aliphatic rings. The van der Waals surface area contributed by atoms with Crippen LogP contribution in [0.5, 0.6) is 0 Å². The molecule has 18 heavy (non-hydrogen) atoms. The average molecular weight is 244 g/mol. The molecule has 1 unspecified atom stereocenters. The van der Waals surface area contributed by atoms with Crippen LogP contribution in [0.2, 0.25) is 0 Å². The molecule has 0 radical (unpaired) electrons. The Balaban J connectivity index is 2.34. The highest BCUT2D eigenvalue weighted by Crippen LogP contribution is 2.26. The quantitative estimate of drug-likeness (QED) is 0.879. The third-order valence-electron chi connectivity index (χ3n) is 3.12. The minimum Gasteiger partial charge on any atom is -0.310 e. The van der Waals surface area contributed by atoms with Crippen molar-refractivity contribution in [1.82, 2.24) is 20.3 Å². The van der Waals surface area contributed by atoms with Gasteiger partial charge < -0.3 is 5.32 Å². The van der Waals surface area contributed by atoms with E-state index in [-0.39, 0.29) is 0 Å². The van der Waals surface area contributed by atoms with Crippen LogP contribution in [0.25, 0.3) is 11.3 Å². The number of hydrogen-bond donors (Lipinski definition) is 1. The molecule has 1 heterocycles. The highest BCUT2D eigenvalue weighted by Gasteiger charge is 2.13. The fourth-order valence-corrected chi connectivity index (χ4v) is 2.11. The molecule has 1 N–H and O–H groups in total. The fraction of sp³-hybridized carbons (Fsp3) is 0.429. The maximum Gasteiger partial charge on any atom is 0.0885 e. The molecule has 0 aliphatic carbocycles. The number of nitrogens with zero attached hydrogens (tertiary/aromatic N) is 3. The summed E-state index contributed by atoms with van der Waals surface area (Å²) in [6, 6.07) is 8.75. The summed E-state index contributed by atoms with van der Waals surface area (Å²) in [6.45, 7) is 5.40. The molecule has 0 saturated heterocycles. The Morgan fingerprint density at radius 2 is 2.11 bits per heavy atom. The minimum atomic E-state index is 0.330. The second-order valence-corrected chi connectivity index (χ2v) is 4.51. The van der Waals surface area contributed by atoms with E-state index < -0.39 is 0 Å². The van der Waals surface area contributed by atoms with Crippen LogP contribution in [0.4, 0.5) is 0 Å². The zero-order chi connectivity index (χ0) is 13.0. The maximum absolute atomic E-state index is 4.00. The highest BCUT2D eigenvalue weighted by atomic mass is 15.4. The summed E-state index contributed by atoms with van der Waals surface area (Å²) in [5.41, 5.74) is 3.54. The second-order valence-electron chi connectivity index (χ2n) is 4.51. The van der Waals surface area contributed by atoms with Gasteiger partial charge in [-0.2, -0.15) is 0 Å². The molecule has 0 fully saturated rings. The Bertz CT molecular complexity index is 504. The Morgan fingerprint density at radius 1 is 1.33 bits per heavy atom. The lowest BCUT2D eigenvalue weighted by atomic mass is 9.99. The predicted octanol–water partition coefficient (Wildman–Crippen LogP) is 2.54. The van der Waals surface area contributed by atoms with E-state index in [1.807, 2.05) is 17.9 Å². The first-order chi connectivity index (χ1) is 8.74. The molecule has 0 aliphatic heterocycles. The zero-order valence-corrected chi connectivity index (χ0v) is 11.2. The summed E-state index contributed by atoms with van der Waals surface area (Å²) in [5.74, 6) is 0. The monoisotopic (exact) mass is 244 g/mol. The van der Waals surface area contributed by atoms with Crippen molar-refractivity contribution in [2.45, 2.75) is 26.3 Å². The van der Waals surface area contributed by atoms with Gasteiger partial charge >= 0.3 is 0 Å². The summed E-state index contributed by atoms with van der Waals surface area (Å²) in [7, 11) is 1.92. The van der Waals surface area contributed by atoms with Crippen LogP contribution in [0, 0.1) is 0 Å². The van der Waals surface area contributed by atoms with Crippen LogP contribution >= 0.6 is 0 Å². The molecular weight excluding hydrogens is 224 g/mol. The van der Waals surface area contributed by atoms with Crippen molar-refractivity contribution in [1.29, 1.82) is 0 Å². The van der Waals surface area contributed by atoms with Crippen molar-refractivity contribution in [2.24, 2.45) is 7.05 Å². The van der Waals surface area contributed by atoms with Gasteiger partial charge in [0.2, 0.25) is 0 Å². The SMILES string of the molecule is CCCNC(C)c1ccccc1-c1cnnn1C. The molecule has 0 bridgehead atoms. The molecule has 1 atom stereocenters. The van der Waals surface area contributed by atoms with Crippen LogP contribution in [0.1, 0.15) is 31.9 Å². The number of rotatable bonds is 5. The predicted molar refractivity (Wildman–Crippen MR) is 73.1 cm³/mol. The Kier molecular flexibility index (Phi) is 4.10. The molecule has 4 heteroatoms. The number of aromatic nitrogens is 3. The number of benzene rings is 1. The van der Waals surface area contributed by atoms with E-state index >= 15 is 0 Å². The average Bonchev–Trinajstić information content (AvgIpc) is 2.82. The van der Waals surface area contributed by atoms with Gasteiger partial charge in [-0.05, 0) is 25.5 Å². The van der Waals surface area contributed by atoms with Crippen molar-refractivity contribution in [3.05, 3.63) is 36.0 Å². The van der Waals surface area contributed by atoms with Crippen LogP contribution < -0.4 is 5.32 Å². The van der Waals surface area contributed by atoms with Crippen LogP contribution in [0.3, 0.4) is 0 Å². The van der Waals surface area contributed by atoms with E-state index in [2.05, 4.69) is 53.7 Å². The van der Waals surface area contributed by atoms with Gasteiger partial charge in [0.1, 0.15) is 0 Å². The Hall–Kier alpha value is -1.68. The smallest absolute Gasteiger partial charge is 0.0885 e. The van der Waals surface area contributed by atoms with Crippen molar-refractivity contribution in [2.75, 3.05) is 6.54 Å².